The van der Waals surface area contributed by atoms with Crippen LogP contribution in [0, 0.1) is 0 Å². The van der Waals surface area contributed by atoms with Crippen molar-refractivity contribution >= 4 is 17.7 Å². The molecule has 0 radical (unpaired) electrons. The van der Waals surface area contributed by atoms with Crippen LogP contribution in [0.25, 0.3) is 0 Å². The van der Waals surface area contributed by atoms with Gasteiger partial charge in [0, 0.05) is 5.92 Å². The van der Waals surface area contributed by atoms with Gasteiger partial charge in [-0.15, -0.1) is 5.10 Å². The zero-order chi connectivity index (χ0) is 17.8. The number of benzene rings is 1. The number of hydrogen-bond donors (Lipinski definition) is 2. The molecule has 0 saturated carbocycles. The molecule has 0 saturated heterocycles. The number of ether oxygens (including phenoxy) is 2. The summed E-state index contributed by atoms with van der Waals surface area (Å²) in [4.78, 5) is 16.5. The number of aromatic amines is 1. The Balaban J connectivity index is 1.53. The average Bonchev–Trinajstić information content (AvgIpc) is 3.09. The van der Waals surface area contributed by atoms with E-state index < -0.39 is 0 Å². The largest absolute Gasteiger partial charge is 0.486 e. The monoisotopic (exact) mass is 362 g/mol. The van der Waals surface area contributed by atoms with Crippen LogP contribution in [0.5, 0.6) is 11.5 Å². The van der Waals surface area contributed by atoms with Gasteiger partial charge in [-0.1, -0.05) is 31.7 Å². The van der Waals surface area contributed by atoms with Crippen molar-refractivity contribution in [2.45, 2.75) is 37.9 Å². The minimum Gasteiger partial charge on any atom is -0.486 e. The lowest BCUT2D eigenvalue weighted by Gasteiger charge is -2.21. The zero-order valence-corrected chi connectivity index (χ0v) is 15.4. The summed E-state index contributed by atoms with van der Waals surface area (Å²) < 4.78 is 11.1. The van der Waals surface area contributed by atoms with Gasteiger partial charge in [0.25, 0.3) is 0 Å². The molecule has 0 fully saturated rings. The molecule has 2 N–H and O–H groups in total. The average molecular weight is 362 g/mol. The predicted molar refractivity (Wildman–Crippen MR) is 95.2 cm³/mol. The minimum absolute atomic E-state index is 0.0664. The lowest BCUT2D eigenvalue weighted by atomic mass is 10.1. The fraction of sp³-hybridized carbons (Fsp3) is 0.471. The van der Waals surface area contributed by atoms with E-state index in [9.17, 15) is 4.79 Å². The summed E-state index contributed by atoms with van der Waals surface area (Å²) in [5.74, 6) is 2.78. The Morgan fingerprint density at radius 1 is 1.28 bits per heavy atom. The zero-order valence-electron chi connectivity index (χ0n) is 14.5. The van der Waals surface area contributed by atoms with Crippen LogP contribution >= 0.6 is 11.8 Å². The second-order valence-corrected chi connectivity index (χ2v) is 7.08. The Morgan fingerprint density at radius 3 is 2.76 bits per heavy atom. The lowest BCUT2D eigenvalue weighted by Crippen LogP contribution is -2.28. The van der Waals surface area contributed by atoms with E-state index in [1.54, 1.807) is 0 Å². The number of carbonyl (C=O) groups excluding carboxylic acids is 1. The summed E-state index contributed by atoms with van der Waals surface area (Å²) in [6.45, 7) is 7.13. The van der Waals surface area contributed by atoms with Gasteiger partial charge in [-0.25, -0.2) is 4.98 Å². The quantitative estimate of drug-likeness (QED) is 0.768. The molecule has 1 amide bonds. The van der Waals surface area contributed by atoms with E-state index in [-0.39, 0.29) is 23.6 Å². The molecule has 1 aliphatic heterocycles. The van der Waals surface area contributed by atoms with Gasteiger partial charge in [0.15, 0.2) is 11.5 Å². The molecule has 1 aromatic carbocycles. The van der Waals surface area contributed by atoms with Crippen LogP contribution in [0.4, 0.5) is 0 Å². The number of aromatic nitrogens is 3. The summed E-state index contributed by atoms with van der Waals surface area (Å²) in [5, 5.41) is 10.6. The van der Waals surface area contributed by atoms with Crippen LogP contribution in [0.15, 0.2) is 23.4 Å². The van der Waals surface area contributed by atoms with Gasteiger partial charge in [-0.3, -0.25) is 9.89 Å². The number of rotatable bonds is 6. The molecule has 3 rings (SSSR count). The van der Waals surface area contributed by atoms with Crippen molar-refractivity contribution in [2.75, 3.05) is 19.0 Å². The Morgan fingerprint density at radius 2 is 2.04 bits per heavy atom. The first-order valence-electron chi connectivity index (χ1n) is 8.27. The maximum atomic E-state index is 12.2. The third-order valence-electron chi connectivity index (χ3n) is 3.81. The number of thioether (sulfide) groups is 1. The Labute approximate surface area is 150 Å². The number of nitrogens with zero attached hydrogens (tertiary/aromatic N) is 2. The van der Waals surface area contributed by atoms with Gasteiger partial charge in [0.1, 0.15) is 19.0 Å². The van der Waals surface area contributed by atoms with E-state index in [0.29, 0.717) is 18.4 Å². The molecule has 1 aliphatic rings. The van der Waals surface area contributed by atoms with Crippen molar-refractivity contribution in [3.63, 3.8) is 0 Å². The van der Waals surface area contributed by atoms with Crippen molar-refractivity contribution in [1.82, 2.24) is 20.5 Å². The molecule has 2 heterocycles. The van der Waals surface area contributed by atoms with Crippen molar-refractivity contribution in [1.29, 1.82) is 0 Å². The Bertz CT molecular complexity index is 747. The molecule has 25 heavy (non-hydrogen) atoms. The second kappa shape index (κ2) is 7.77. The summed E-state index contributed by atoms with van der Waals surface area (Å²) in [5.41, 5.74) is 0.975. The van der Waals surface area contributed by atoms with E-state index in [2.05, 4.69) is 20.5 Å². The predicted octanol–water partition coefficient (Wildman–Crippen LogP) is 2.67. The number of carbonyl (C=O) groups is 1. The van der Waals surface area contributed by atoms with Crippen LogP contribution in [-0.2, 0) is 4.79 Å². The number of hydrogen-bond acceptors (Lipinski definition) is 6. The standard InChI is InChI=1S/C17H22N4O3S/c1-10(2)16-19-17(21-20-16)25-9-15(22)18-11(3)12-4-5-13-14(8-12)24-7-6-23-13/h4-5,8,10-11H,6-7,9H2,1-3H3,(H,18,22)(H,19,20,21)/t11-/m1/s1. The van der Waals surface area contributed by atoms with Crippen LogP contribution in [0.1, 0.15) is 44.1 Å². The smallest absolute Gasteiger partial charge is 0.230 e. The molecule has 7 nitrogen and oxygen atoms in total. The molecule has 0 bridgehead atoms. The summed E-state index contributed by atoms with van der Waals surface area (Å²) in [6, 6.07) is 5.61. The highest BCUT2D eigenvalue weighted by molar-refractivity contribution is 7.99. The van der Waals surface area contributed by atoms with E-state index in [0.717, 1.165) is 22.9 Å². The first kappa shape index (κ1) is 17.6. The molecule has 1 atom stereocenters. The lowest BCUT2D eigenvalue weighted by molar-refractivity contribution is -0.119. The molecule has 1 aromatic heterocycles. The molecule has 134 valence electrons. The molecule has 0 spiro atoms. The third-order valence-corrected chi connectivity index (χ3v) is 4.65. The highest BCUT2D eigenvalue weighted by Crippen LogP contribution is 2.32. The highest BCUT2D eigenvalue weighted by atomic mass is 32.2. The Kier molecular flexibility index (Phi) is 5.47. The SMILES string of the molecule is CC(C)c1nc(SCC(=O)N[C@H](C)c2ccc3c(c2)OCCO3)n[nH]1. The molecule has 8 heteroatoms. The van der Waals surface area contributed by atoms with Gasteiger partial charge in [-0.05, 0) is 24.6 Å². The van der Waals surface area contributed by atoms with E-state index in [1.807, 2.05) is 39.0 Å². The van der Waals surface area contributed by atoms with E-state index in [1.165, 1.54) is 11.8 Å². The first-order valence-corrected chi connectivity index (χ1v) is 9.25. The highest BCUT2D eigenvalue weighted by Gasteiger charge is 2.16. The molecule has 2 aromatic rings. The van der Waals surface area contributed by atoms with Crippen molar-refractivity contribution in [3.8, 4) is 11.5 Å². The number of H-pyrrole nitrogens is 1. The summed E-state index contributed by atoms with van der Waals surface area (Å²) in [6.07, 6.45) is 0. The van der Waals surface area contributed by atoms with Crippen molar-refractivity contribution < 1.29 is 14.3 Å². The molecule has 0 unspecified atom stereocenters. The number of amides is 1. The normalized spacial score (nSPS) is 14.4. The van der Waals surface area contributed by atoms with Crippen LogP contribution < -0.4 is 14.8 Å². The number of fused-ring (bicyclic) bond motifs is 1. The molecular weight excluding hydrogens is 340 g/mol. The van der Waals surface area contributed by atoms with E-state index in [4.69, 9.17) is 9.47 Å². The van der Waals surface area contributed by atoms with E-state index >= 15 is 0 Å². The summed E-state index contributed by atoms with van der Waals surface area (Å²) >= 11 is 1.32. The van der Waals surface area contributed by atoms with Gasteiger partial charge >= 0.3 is 0 Å². The van der Waals surface area contributed by atoms with Gasteiger partial charge in [0.2, 0.25) is 11.1 Å². The van der Waals surface area contributed by atoms with Gasteiger partial charge < -0.3 is 14.8 Å². The van der Waals surface area contributed by atoms with Crippen LogP contribution in [0.3, 0.4) is 0 Å². The maximum Gasteiger partial charge on any atom is 0.230 e. The van der Waals surface area contributed by atoms with Gasteiger partial charge in [-0.2, -0.15) is 0 Å². The summed E-state index contributed by atoms with van der Waals surface area (Å²) in [7, 11) is 0. The first-order chi connectivity index (χ1) is 12.0. The van der Waals surface area contributed by atoms with Crippen molar-refractivity contribution in [2.24, 2.45) is 0 Å². The Hall–Kier alpha value is -2.22. The van der Waals surface area contributed by atoms with Crippen LogP contribution in [-0.4, -0.2) is 40.1 Å². The second-order valence-electron chi connectivity index (χ2n) is 6.14. The van der Waals surface area contributed by atoms with Gasteiger partial charge in [0.05, 0.1) is 11.8 Å². The minimum atomic E-state index is -0.123. The topological polar surface area (TPSA) is 89.1 Å². The fourth-order valence-corrected chi connectivity index (χ4v) is 3.02. The molecule has 0 aliphatic carbocycles. The number of nitrogens with one attached hydrogen (secondary N) is 2. The fourth-order valence-electron chi connectivity index (χ4n) is 2.41. The van der Waals surface area contributed by atoms with Crippen LogP contribution in [0.2, 0.25) is 0 Å². The maximum absolute atomic E-state index is 12.2. The molecular formula is C17H22N4O3S. The van der Waals surface area contributed by atoms with Crippen molar-refractivity contribution in [3.05, 3.63) is 29.6 Å². The third kappa shape index (κ3) is 4.45.